The van der Waals surface area contributed by atoms with E-state index in [9.17, 15) is 4.79 Å². The molecule has 22 heavy (non-hydrogen) atoms. The molecule has 1 aromatic heterocycles. The number of hydrogen-bond acceptors (Lipinski definition) is 5. The summed E-state index contributed by atoms with van der Waals surface area (Å²) in [5, 5.41) is 9.94. The summed E-state index contributed by atoms with van der Waals surface area (Å²) in [6, 6.07) is 16.2. The third-order valence-corrected chi connectivity index (χ3v) is 2.85. The Kier molecular flexibility index (Phi) is 3.82. The minimum atomic E-state index is -0.379. The van der Waals surface area contributed by atoms with Crippen LogP contribution in [0.2, 0.25) is 0 Å². The third-order valence-electron chi connectivity index (χ3n) is 2.85. The van der Waals surface area contributed by atoms with Gasteiger partial charge in [-0.2, -0.15) is 0 Å². The molecule has 0 bridgehead atoms. The maximum absolute atomic E-state index is 12.3. The molecule has 3 aromatic rings. The second-order valence-electron chi connectivity index (χ2n) is 4.49. The van der Waals surface area contributed by atoms with Crippen LogP contribution in [0.4, 0.5) is 6.01 Å². The summed E-state index contributed by atoms with van der Waals surface area (Å²) >= 11 is 0. The minimum absolute atomic E-state index is 0.0528. The number of aryl methyl sites for hydroxylation is 1. The summed E-state index contributed by atoms with van der Waals surface area (Å²) in [5.74, 6) is 1.10. The largest absolute Gasteiger partial charge is 0.457 e. The van der Waals surface area contributed by atoms with Crippen molar-refractivity contribution in [2.45, 2.75) is 6.92 Å². The van der Waals surface area contributed by atoms with Crippen molar-refractivity contribution in [3.05, 3.63) is 66.1 Å². The first kappa shape index (κ1) is 13.8. The quantitative estimate of drug-likeness (QED) is 0.798. The predicted molar refractivity (Wildman–Crippen MR) is 79.9 cm³/mol. The number of nitrogens with zero attached hydrogens (tertiary/aromatic N) is 2. The molecule has 6 heteroatoms. The molecule has 110 valence electrons. The third kappa shape index (κ3) is 3.12. The van der Waals surface area contributed by atoms with Crippen molar-refractivity contribution < 1.29 is 13.9 Å². The van der Waals surface area contributed by atoms with Gasteiger partial charge in [-0.3, -0.25) is 10.1 Å². The van der Waals surface area contributed by atoms with Crippen molar-refractivity contribution in [2.24, 2.45) is 0 Å². The first-order valence-corrected chi connectivity index (χ1v) is 6.66. The number of ether oxygens (including phenoxy) is 1. The Bertz CT molecular complexity index is 784. The van der Waals surface area contributed by atoms with Gasteiger partial charge in [-0.1, -0.05) is 35.4 Å². The number of anilines is 1. The fourth-order valence-electron chi connectivity index (χ4n) is 1.87. The van der Waals surface area contributed by atoms with Crippen LogP contribution >= 0.6 is 0 Å². The molecule has 1 amide bonds. The van der Waals surface area contributed by atoms with Crippen LogP contribution in [-0.4, -0.2) is 16.1 Å². The first-order chi connectivity index (χ1) is 10.7. The summed E-state index contributed by atoms with van der Waals surface area (Å²) in [6.07, 6.45) is 0. The Morgan fingerprint density at radius 2 is 1.77 bits per heavy atom. The van der Waals surface area contributed by atoms with Gasteiger partial charge in [0.1, 0.15) is 11.5 Å². The lowest BCUT2D eigenvalue weighted by molar-refractivity contribution is 0.102. The monoisotopic (exact) mass is 295 g/mol. The molecule has 0 aliphatic rings. The van der Waals surface area contributed by atoms with Crippen LogP contribution in [0.5, 0.6) is 11.5 Å². The Morgan fingerprint density at radius 1 is 1.05 bits per heavy atom. The number of benzene rings is 2. The summed E-state index contributed by atoms with van der Waals surface area (Å²) in [6.45, 7) is 1.65. The van der Waals surface area contributed by atoms with Gasteiger partial charge in [-0.25, -0.2) is 0 Å². The molecule has 0 fully saturated rings. The summed E-state index contributed by atoms with van der Waals surface area (Å²) in [7, 11) is 0. The second-order valence-corrected chi connectivity index (χ2v) is 4.49. The van der Waals surface area contributed by atoms with Crippen LogP contribution in [0.15, 0.2) is 59.0 Å². The lowest BCUT2D eigenvalue weighted by Gasteiger charge is -2.10. The van der Waals surface area contributed by atoms with Gasteiger partial charge in [0, 0.05) is 6.92 Å². The molecule has 1 heterocycles. The van der Waals surface area contributed by atoms with E-state index in [1.165, 1.54) is 0 Å². The zero-order valence-electron chi connectivity index (χ0n) is 11.8. The van der Waals surface area contributed by atoms with Gasteiger partial charge in [0.05, 0.1) is 5.56 Å². The molecule has 0 saturated heterocycles. The first-order valence-electron chi connectivity index (χ1n) is 6.66. The number of nitrogens with one attached hydrogen (secondary N) is 1. The van der Waals surface area contributed by atoms with Crippen molar-refractivity contribution in [3.8, 4) is 11.5 Å². The van der Waals surface area contributed by atoms with E-state index >= 15 is 0 Å². The SMILES string of the molecule is Cc1nnc(NC(=O)c2ccccc2Oc2ccccc2)o1. The molecule has 0 saturated carbocycles. The highest BCUT2D eigenvalue weighted by atomic mass is 16.5. The summed E-state index contributed by atoms with van der Waals surface area (Å²) in [5.41, 5.74) is 0.377. The van der Waals surface area contributed by atoms with E-state index in [2.05, 4.69) is 15.5 Å². The Morgan fingerprint density at radius 3 is 2.50 bits per heavy atom. The number of hydrogen-bond donors (Lipinski definition) is 1. The van der Waals surface area contributed by atoms with E-state index in [-0.39, 0.29) is 11.9 Å². The summed E-state index contributed by atoms with van der Waals surface area (Å²) < 4.78 is 10.9. The summed E-state index contributed by atoms with van der Waals surface area (Å²) in [4.78, 5) is 12.3. The zero-order chi connectivity index (χ0) is 15.4. The molecule has 2 aromatic carbocycles. The highest BCUT2D eigenvalue weighted by Gasteiger charge is 2.15. The lowest BCUT2D eigenvalue weighted by atomic mass is 10.2. The maximum atomic E-state index is 12.3. The van der Waals surface area contributed by atoms with E-state index in [0.29, 0.717) is 23.0 Å². The highest BCUT2D eigenvalue weighted by Crippen LogP contribution is 2.25. The van der Waals surface area contributed by atoms with Gasteiger partial charge >= 0.3 is 6.01 Å². The highest BCUT2D eigenvalue weighted by molar-refractivity contribution is 6.05. The van der Waals surface area contributed by atoms with E-state index in [1.807, 2.05) is 30.3 Å². The van der Waals surface area contributed by atoms with Crippen molar-refractivity contribution >= 4 is 11.9 Å². The molecule has 0 unspecified atom stereocenters. The van der Waals surface area contributed by atoms with Crippen LogP contribution in [-0.2, 0) is 0 Å². The average molecular weight is 295 g/mol. The van der Waals surface area contributed by atoms with E-state index < -0.39 is 0 Å². The van der Waals surface area contributed by atoms with Crippen molar-refractivity contribution in [1.82, 2.24) is 10.2 Å². The molecule has 3 rings (SSSR count). The standard InChI is InChI=1S/C16H13N3O3/c1-11-18-19-16(21-11)17-15(20)13-9-5-6-10-14(13)22-12-7-3-2-4-8-12/h2-10H,1H3,(H,17,19,20). The Hall–Kier alpha value is -3.15. The smallest absolute Gasteiger partial charge is 0.322 e. The van der Waals surface area contributed by atoms with Gasteiger partial charge in [0.15, 0.2) is 0 Å². The normalized spacial score (nSPS) is 10.2. The van der Waals surface area contributed by atoms with Gasteiger partial charge in [0.2, 0.25) is 5.89 Å². The molecule has 0 aliphatic carbocycles. The fourth-order valence-corrected chi connectivity index (χ4v) is 1.87. The van der Waals surface area contributed by atoms with Gasteiger partial charge in [0.25, 0.3) is 5.91 Å². The number of amides is 1. The van der Waals surface area contributed by atoms with Crippen LogP contribution in [0, 0.1) is 6.92 Å². The number of carbonyl (C=O) groups excluding carboxylic acids is 1. The van der Waals surface area contributed by atoms with E-state index in [4.69, 9.17) is 9.15 Å². The molecule has 1 N–H and O–H groups in total. The molecule has 6 nitrogen and oxygen atoms in total. The number of aromatic nitrogens is 2. The van der Waals surface area contributed by atoms with Gasteiger partial charge in [-0.15, -0.1) is 5.10 Å². The van der Waals surface area contributed by atoms with Crippen molar-refractivity contribution in [3.63, 3.8) is 0 Å². The van der Waals surface area contributed by atoms with Crippen LogP contribution in [0.25, 0.3) is 0 Å². The minimum Gasteiger partial charge on any atom is -0.457 e. The van der Waals surface area contributed by atoms with Crippen molar-refractivity contribution in [2.75, 3.05) is 5.32 Å². The number of para-hydroxylation sites is 2. The van der Waals surface area contributed by atoms with Crippen LogP contribution in [0.1, 0.15) is 16.2 Å². The molecule has 0 spiro atoms. The number of carbonyl (C=O) groups is 1. The van der Waals surface area contributed by atoms with Crippen molar-refractivity contribution in [1.29, 1.82) is 0 Å². The average Bonchev–Trinajstić information content (AvgIpc) is 2.94. The molecule has 0 atom stereocenters. The van der Waals surface area contributed by atoms with Crippen LogP contribution < -0.4 is 10.1 Å². The van der Waals surface area contributed by atoms with E-state index in [1.54, 1.807) is 31.2 Å². The van der Waals surface area contributed by atoms with Crippen LogP contribution in [0.3, 0.4) is 0 Å². The molecule has 0 radical (unpaired) electrons. The zero-order valence-corrected chi connectivity index (χ0v) is 11.8. The fraction of sp³-hybridized carbons (Fsp3) is 0.0625. The van der Waals surface area contributed by atoms with E-state index in [0.717, 1.165) is 0 Å². The van der Waals surface area contributed by atoms with Gasteiger partial charge < -0.3 is 9.15 Å². The topological polar surface area (TPSA) is 77.2 Å². The molecular formula is C16H13N3O3. The number of rotatable bonds is 4. The Balaban J connectivity index is 1.83. The maximum Gasteiger partial charge on any atom is 0.322 e. The molecular weight excluding hydrogens is 282 g/mol. The Labute approximate surface area is 126 Å². The predicted octanol–water partition coefficient (Wildman–Crippen LogP) is 3.42. The molecule has 0 aliphatic heterocycles. The second kappa shape index (κ2) is 6.09. The van der Waals surface area contributed by atoms with Gasteiger partial charge in [-0.05, 0) is 24.3 Å². The lowest BCUT2D eigenvalue weighted by Crippen LogP contribution is -2.13.